The van der Waals surface area contributed by atoms with Gasteiger partial charge in [-0.05, 0) is 37.0 Å². The van der Waals surface area contributed by atoms with Gasteiger partial charge in [-0.3, -0.25) is 0 Å². The molecule has 0 aliphatic heterocycles. The second kappa shape index (κ2) is 7.06. The Morgan fingerprint density at radius 1 is 1.17 bits per heavy atom. The Bertz CT molecular complexity index is 828. The first-order valence-electron chi connectivity index (χ1n) is 8.00. The van der Waals surface area contributed by atoms with Gasteiger partial charge in [0, 0.05) is 25.6 Å². The van der Waals surface area contributed by atoms with Crippen molar-refractivity contribution >= 4 is 11.2 Å². The first-order chi connectivity index (χ1) is 11.3. The van der Waals surface area contributed by atoms with Crippen LogP contribution in [0.25, 0.3) is 11.2 Å². The molecule has 0 aliphatic carbocycles. The summed E-state index contributed by atoms with van der Waals surface area (Å²) in [5.74, 6) is 1.06. The number of unbranched alkanes of at least 4 members (excludes halogenated alkanes) is 1. The molecule has 23 heavy (non-hydrogen) atoms. The number of aromatic nitrogens is 3. The first kappa shape index (κ1) is 15.2. The number of benzene rings is 1. The quantitative estimate of drug-likeness (QED) is 0.650. The molecule has 2 aromatic heterocycles. The normalized spacial score (nSPS) is 10.8. The third-order valence-electron chi connectivity index (χ3n) is 3.95. The topological polar surface area (TPSA) is 54.5 Å². The number of aryl methyl sites for hydroxylation is 4. The lowest BCUT2D eigenvalue weighted by Crippen LogP contribution is -2.06. The molecule has 4 nitrogen and oxygen atoms in total. The van der Waals surface area contributed by atoms with E-state index in [1.54, 1.807) is 0 Å². The minimum absolute atomic E-state index is 0.559. The van der Waals surface area contributed by atoms with Crippen molar-refractivity contribution in [1.82, 2.24) is 14.5 Å². The molecule has 0 spiro atoms. The molecule has 0 aliphatic rings. The fourth-order valence-corrected chi connectivity index (χ4v) is 2.80. The second-order valence-corrected chi connectivity index (χ2v) is 5.78. The lowest BCUT2D eigenvalue weighted by Gasteiger charge is -2.07. The van der Waals surface area contributed by atoms with Gasteiger partial charge < -0.3 is 4.57 Å². The van der Waals surface area contributed by atoms with Crippen molar-refractivity contribution in [3.63, 3.8) is 0 Å². The molecule has 0 N–H and O–H groups in total. The smallest absolute Gasteiger partial charge is 0.160 e. The van der Waals surface area contributed by atoms with Crippen molar-refractivity contribution < 1.29 is 0 Å². The molecule has 0 saturated heterocycles. The van der Waals surface area contributed by atoms with E-state index in [0.717, 1.165) is 48.4 Å². The predicted octanol–water partition coefficient (Wildman–Crippen LogP) is 3.83. The molecule has 4 heteroatoms. The molecule has 116 valence electrons. The van der Waals surface area contributed by atoms with Gasteiger partial charge in [0.2, 0.25) is 0 Å². The summed E-state index contributed by atoms with van der Waals surface area (Å²) in [7, 11) is 0. The minimum atomic E-state index is 0.559. The zero-order chi connectivity index (χ0) is 16.1. The minimum Gasteiger partial charge on any atom is -0.313 e. The molecule has 0 amide bonds. The summed E-state index contributed by atoms with van der Waals surface area (Å²) < 4.78 is 2.18. The van der Waals surface area contributed by atoms with Gasteiger partial charge in [-0.1, -0.05) is 30.3 Å². The Hall–Kier alpha value is -2.67. The van der Waals surface area contributed by atoms with E-state index in [-0.39, 0.29) is 0 Å². The highest BCUT2D eigenvalue weighted by Gasteiger charge is 2.12. The van der Waals surface area contributed by atoms with Gasteiger partial charge in [0.15, 0.2) is 5.65 Å². The van der Waals surface area contributed by atoms with Crippen LogP contribution in [0.2, 0.25) is 0 Å². The van der Waals surface area contributed by atoms with E-state index in [2.05, 4.69) is 46.0 Å². The summed E-state index contributed by atoms with van der Waals surface area (Å²) in [4.78, 5) is 9.34. The van der Waals surface area contributed by atoms with E-state index in [0.29, 0.717) is 6.42 Å². The van der Waals surface area contributed by atoms with Crippen LogP contribution in [-0.2, 0) is 19.4 Å². The van der Waals surface area contributed by atoms with E-state index >= 15 is 0 Å². The second-order valence-electron chi connectivity index (χ2n) is 5.78. The maximum atomic E-state index is 8.78. The number of fused-ring (bicyclic) bond motifs is 1. The molecule has 0 fully saturated rings. The Morgan fingerprint density at radius 2 is 2.00 bits per heavy atom. The molecule has 3 aromatic rings. The third kappa shape index (κ3) is 3.57. The van der Waals surface area contributed by atoms with Crippen molar-refractivity contribution in [1.29, 1.82) is 5.26 Å². The van der Waals surface area contributed by atoms with Gasteiger partial charge in [0.05, 0.1) is 6.07 Å². The van der Waals surface area contributed by atoms with Crippen LogP contribution in [-0.4, -0.2) is 14.5 Å². The molecule has 3 rings (SSSR count). The number of hydrogen-bond acceptors (Lipinski definition) is 3. The van der Waals surface area contributed by atoms with E-state index in [9.17, 15) is 0 Å². The third-order valence-corrected chi connectivity index (χ3v) is 3.95. The largest absolute Gasteiger partial charge is 0.313 e. The van der Waals surface area contributed by atoms with Crippen LogP contribution in [0.1, 0.15) is 29.8 Å². The van der Waals surface area contributed by atoms with Gasteiger partial charge in [0.25, 0.3) is 0 Å². The summed E-state index contributed by atoms with van der Waals surface area (Å²) in [5, 5.41) is 8.78. The van der Waals surface area contributed by atoms with E-state index < -0.39 is 0 Å². The van der Waals surface area contributed by atoms with Crippen LogP contribution in [0.3, 0.4) is 0 Å². The fourth-order valence-electron chi connectivity index (χ4n) is 2.80. The number of nitriles is 1. The van der Waals surface area contributed by atoms with Crippen molar-refractivity contribution in [2.75, 3.05) is 0 Å². The maximum Gasteiger partial charge on any atom is 0.160 e. The number of hydrogen-bond donors (Lipinski definition) is 0. The zero-order valence-corrected chi connectivity index (χ0v) is 13.4. The standard InChI is InChI=1S/C19H20N4/c1-15-13-17-19(21-14-15)23(12-6-5-11-20)18(22-17)10-9-16-7-3-2-4-8-16/h2-4,7-8,13-14H,5-6,9-10,12H2,1H3. The Balaban J connectivity index is 1.87. The maximum absolute atomic E-state index is 8.78. The molecule has 0 radical (unpaired) electrons. The van der Waals surface area contributed by atoms with E-state index in [1.165, 1.54) is 5.56 Å². The molecular weight excluding hydrogens is 284 g/mol. The van der Waals surface area contributed by atoms with Crippen LogP contribution >= 0.6 is 0 Å². The molecule has 1 aromatic carbocycles. The van der Waals surface area contributed by atoms with Crippen LogP contribution in [0.15, 0.2) is 42.6 Å². The summed E-state index contributed by atoms with van der Waals surface area (Å²) in [6.45, 7) is 2.83. The van der Waals surface area contributed by atoms with Gasteiger partial charge >= 0.3 is 0 Å². The summed E-state index contributed by atoms with van der Waals surface area (Å²) in [5.41, 5.74) is 4.31. The van der Waals surface area contributed by atoms with Gasteiger partial charge in [-0.2, -0.15) is 5.26 Å². The average molecular weight is 304 g/mol. The van der Waals surface area contributed by atoms with Crippen molar-refractivity contribution in [2.45, 2.75) is 39.2 Å². The van der Waals surface area contributed by atoms with Gasteiger partial charge in [0.1, 0.15) is 11.3 Å². The molecular formula is C19H20N4. The van der Waals surface area contributed by atoms with Crippen LogP contribution in [0, 0.1) is 18.3 Å². The van der Waals surface area contributed by atoms with Crippen molar-refractivity contribution in [3.05, 3.63) is 59.5 Å². The number of rotatable bonds is 6. The van der Waals surface area contributed by atoms with Crippen LogP contribution in [0.4, 0.5) is 0 Å². The lowest BCUT2D eigenvalue weighted by atomic mass is 10.1. The van der Waals surface area contributed by atoms with Gasteiger partial charge in [-0.15, -0.1) is 0 Å². The van der Waals surface area contributed by atoms with Crippen molar-refractivity contribution in [2.24, 2.45) is 0 Å². The highest BCUT2D eigenvalue weighted by Crippen LogP contribution is 2.18. The summed E-state index contributed by atoms with van der Waals surface area (Å²) in [6.07, 6.45) is 5.11. The van der Waals surface area contributed by atoms with Crippen LogP contribution in [0.5, 0.6) is 0 Å². The highest BCUT2D eigenvalue weighted by atomic mass is 15.1. The Labute approximate surface area is 136 Å². The van der Waals surface area contributed by atoms with E-state index in [4.69, 9.17) is 10.2 Å². The average Bonchev–Trinajstić information content (AvgIpc) is 2.91. The number of imidazole rings is 1. The Kier molecular flexibility index (Phi) is 4.68. The Morgan fingerprint density at radius 3 is 2.78 bits per heavy atom. The SMILES string of the molecule is Cc1cnc2c(c1)nc(CCc1ccccc1)n2CCCC#N. The molecule has 0 bridgehead atoms. The fraction of sp³-hybridized carbons (Fsp3) is 0.316. The first-order valence-corrected chi connectivity index (χ1v) is 8.00. The molecule has 2 heterocycles. The monoisotopic (exact) mass is 304 g/mol. The lowest BCUT2D eigenvalue weighted by molar-refractivity contribution is 0.626. The van der Waals surface area contributed by atoms with Crippen LogP contribution < -0.4 is 0 Å². The molecule has 0 unspecified atom stereocenters. The van der Waals surface area contributed by atoms with E-state index in [1.807, 2.05) is 19.2 Å². The van der Waals surface area contributed by atoms with Crippen molar-refractivity contribution in [3.8, 4) is 6.07 Å². The molecule has 0 saturated carbocycles. The highest BCUT2D eigenvalue weighted by molar-refractivity contribution is 5.72. The zero-order valence-electron chi connectivity index (χ0n) is 13.4. The molecule has 0 atom stereocenters. The summed E-state index contributed by atoms with van der Waals surface area (Å²) in [6, 6.07) is 14.7. The number of pyridine rings is 1. The summed E-state index contributed by atoms with van der Waals surface area (Å²) >= 11 is 0. The number of nitrogens with zero attached hydrogens (tertiary/aromatic N) is 4. The predicted molar refractivity (Wildman–Crippen MR) is 91.0 cm³/mol. The van der Waals surface area contributed by atoms with Gasteiger partial charge in [-0.25, -0.2) is 9.97 Å².